The number of anilines is 1. The Hall–Kier alpha value is -2.39. The molecule has 0 aliphatic heterocycles. The number of carbonyl (C=O) groups is 2. The Morgan fingerprint density at radius 2 is 1.37 bits per heavy atom. The predicted molar refractivity (Wildman–Crippen MR) is 66.6 cm³/mol. The van der Waals surface area contributed by atoms with Crippen molar-refractivity contribution in [3.8, 4) is 0 Å². The molecule has 19 heavy (non-hydrogen) atoms. The lowest BCUT2D eigenvalue weighted by molar-refractivity contribution is -0.134. The monoisotopic (exact) mass is 288 g/mol. The number of hydrogen-bond donors (Lipinski definition) is 4. The summed E-state index contributed by atoms with van der Waals surface area (Å²) in [4.78, 5) is 19.2. The van der Waals surface area contributed by atoms with Gasteiger partial charge in [0.2, 0.25) is 10.0 Å². The van der Waals surface area contributed by atoms with Gasteiger partial charge in [0.05, 0.1) is 4.90 Å². The molecule has 0 aliphatic carbocycles. The van der Waals surface area contributed by atoms with E-state index < -0.39 is 22.0 Å². The lowest BCUT2D eigenvalue weighted by Gasteiger charge is -1.96. The first kappa shape index (κ1) is 16.6. The summed E-state index contributed by atoms with van der Waals surface area (Å²) in [6, 6.07) is 5.70. The SMILES string of the molecule is Nc1ccc(S(N)(=O)=O)cc1.O=C(O)/C=C\C(=O)O. The van der Waals surface area contributed by atoms with Crippen LogP contribution >= 0.6 is 0 Å². The van der Waals surface area contributed by atoms with Crippen LogP contribution in [0.4, 0.5) is 5.69 Å². The molecule has 0 radical (unpaired) electrons. The number of aliphatic carboxylic acids is 2. The summed E-state index contributed by atoms with van der Waals surface area (Å²) in [7, 11) is -3.58. The second-order valence-electron chi connectivity index (χ2n) is 3.12. The van der Waals surface area contributed by atoms with Crippen LogP contribution in [-0.2, 0) is 19.6 Å². The van der Waals surface area contributed by atoms with E-state index in [1.807, 2.05) is 0 Å². The number of nitrogens with two attached hydrogens (primary N) is 2. The van der Waals surface area contributed by atoms with Gasteiger partial charge in [-0.3, -0.25) is 0 Å². The van der Waals surface area contributed by atoms with Gasteiger partial charge in [0, 0.05) is 17.8 Å². The van der Waals surface area contributed by atoms with Crippen LogP contribution in [-0.4, -0.2) is 30.6 Å². The van der Waals surface area contributed by atoms with Crippen molar-refractivity contribution in [2.45, 2.75) is 4.90 Å². The Balaban J connectivity index is 0.000000362. The quantitative estimate of drug-likeness (QED) is 0.435. The maximum Gasteiger partial charge on any atom is 0.328 e. The van der Waals surface area contributed by atoms with Gasteiger partial charge >= 0.3 is 11.9 Å². The summed E-state index contributed by atoms with van der Waals surface area (Å²) >= 11 is 0. The van der Waals surface area contributed by atoms with Crippen LogP contribution in [0.2, 0.25) is 0 Å². The number of sulfonamides is 1. The summed E-state index contributed by atoms with van der Waals surface area (Å²) in [5.41, 5.74) is 5.85. The van der Waals surface area contributed by atoms with Crippen LogP contribution in [0.5, 0.6) is 0 Å². The Bertz CT molecular complexity index is 561. The van der Waals surface area contributed by atoms with Gasteiger partial charge in [-0.25, -0.2) is 23.1 Å². The van der Waals surface area contributed by atoms with Gasteiger partial charge in [0.25, 0.3) is 0 Å². The number of nitrogen functional groups attached to an aromatic ring is 1. The Kier molecular flexibility index (Phi) is 6.24. The molecule has 0 heterocycles. The highest BCUT2D eigenvalue weighted by molar-refractivity contribution is 7.89. The molecule has 0 aliphatic rings. The highest BCUT2D eigenvalue weighted by Crippen LogP contribution is 2.08. The molecule has 8 nitrogen and oxygen atoms in total. The van der Waals surface area contributed by atoms with Gasteiger partial charge in [-0.1, -0.05) is 0 Å². The van der Waals surface area contributed by atoms with Crippen molar-refractivity contribution >= 4 is 27.6 Å². The van der Waals surface area contributed by atoms with Crippen LogP contribution in [0.25, 0.3) is 0 Å². The average Bonchev–Trinajstić information content (AvgIpc) is 2.26. The molecule has 1 rings (SSSR count). The largest absolute Gasteiger partial charge is 0.478 e. The van der Waals surface area contributed by atoms with E-state index in [2.05, 4.69) is 0 Å². The van der Waals surface area contributed by atoms with E-state index in [0.717, 1.165) is 0 Å². The van der Waals surface area contributed by atoms with Crippen LogP contribution in [0, 0.1) is 0 Å². The molecule has 0 aromatic heterocycles. The number of hydrogen-bond acceptors (Lipinski definition) is 5. The minimum Gasteiger partial charge on any atom is -0.478 e. The van der Waals surface area contributed by atoms with Gasteiger partial charge in [-0.15, -0.1) is 0 Å². The first-order valence-corrected chi connectivity index (χ1v) is 6.20. The molecule has 0 saturated heterocycles. The van der Waals surface area contributed by atoms with Gasteiger partial charge in [0.15, 0.2) is 0 Å². The molecule has 6 N–H and O–H groups in total. The zero-order valence-corrected chi connectivity index (χ0v) is 10.4. The van der Waals surface area contributed by atoms with Crippen molar-refractivity contribution in [1.82, 2.24) is 0 Å². The molecule has 1 aromatic rings. The number of carboxylic acid groups (broad SMARTS) is 2. The van der Waals surface area contributed by atoms with E-state index in [-0.39, 0.29) is 4.90 Å². The molecule has 0 amide bonds. The van der Waals surface area contributed by atoms with Gasteiger partial charge in [0.1, 0.15) is 0 Å². The van der Waals surface area contributed by atoms with Gasteiger partial charge in [-0.05, 0) is 24.3 Å². The molecule has 9 heteroatoms. The Labute approximate surface area is 109 Å². The van der Waals surface area contributed by atoms with Crippen molar-refractivity contribution < 1.29 is 28.2 Å². The number of carboxylic acids is 2. The lowest BCUT2D eigenvalue weighted by atomic mass is 10.3. The molecule has 104 valence electrons. The fourth-order valence-electron chi connectivity index (χ4n) is 0.800. The van der Waals surface area contributed by atoms with E-state index in [1.54, 1.807) is 0 Å². The van der Waals surface area contributed by atoms with Crippen LogP contribution in [0.15, 0.2) is 41.3 Å². The molecule has 0 bridgehead atoms. The minimum atomic E-state index is -3.58. The first-order chi connectivity index (χ1) is 8.62. The average molecular weight is 288 g/mol. The highest BCUT2D eigenvalue weighted by Gasteiger charge is 2.04. The van der Waals surface area contributed by atoms with Crippen molar-refractivity contribution in [3.05, 3.63) is 36.4 Å². The fraction of sp³-hybridized carbons (Fsp3) is 0. The van der Waals surface area contributed by atoms with Crippen molar-refractivity contribution in [3.63, 3.8) is 0 Å². The molecule has 0 unspecified atom stereocenters. The molecule has 0 fully saturated rings. The summed E-state index contributed by atoms with van der Waals surface area (Å²) in [5.74, 6) is -2.51. The van der Waals surface area contributed by atoms with Crippen molar-refractivity contribution in [1.29, 1.82) is 0 Å². The maximum absolute atomic E-state index is 10.7. The number of benzene rings is 1. The second kappa shape index (κ2) is 7.13. The van der Waals surface area contributed by atoms with Gasteiger partial charge in [-0.2, -0.15) is 0 Å². The topological polar surface area (TPSA) is 161 Å². The summed E-state index contributed by atoms with van der Waals surface area (Å²) in [6.45, 7) is 0. The third-order valence-electron chi connectivity index (χ3n) is 1.58. The molecule has 0 spiro atoms. The van der Waals surface area contributed by atoms with E-state index in [1.165, 1.54) is 24.3 Å². The second-order valence-corrected chi connectivity index (χ2v) is 4.69. The molecular weight excluding hydrogens is 276 g/mol. The van der Waals surface area contributed by atoms with E-state index in [4.69, 9.17) is 21.1 Å². The molecule has 0 saturated carbocycles. The number of rotatable bonds is 3. The molecule has 0 atom stereocenters. The molecular formula is C10H12N2O6S. The Morgan fingerprint density at radius 3 is 1.63 bits per heavy atom. The normalized spacial score (nSPS) is 10.6. The Morgan fingerprint density at radius 1 is 1.00 bits per heavy atom. The predicted octanol–water partition coefficient (Wildman–Crippen LogP) is -0.372. The van der Waals surface area contributed by atoms with Crippen LogP contribution in [0.3, 0.4) is 0 Å². The smallest absolute Gasteiger partial charge is 0.328 e. The van der Waals surface area contributed by atoms with Gasteiger partial charge < -0.3 is 15.9 Å². The third kappa shape index (κ3) is 8.35. The standard InChI is InChI=1S/C6H8N2O2S.C4H4O4/c7-5-1-3-6(4-2-5)11(8,9)10;5-3(6)1-2-4(7)8/h1-4H,7H2,(H2,8,9,10);1-2H,(H,5,6)(H,7,8)/b;2-1-. The van der Waals surface area contributed by atoms with E-state index >= 15 is 0 Å². The summed E-state index contributed by atoms with van der Waals surface area (Å²) in [5, 5.41) is 20.5. The van der Waals surface area contributed by atoms with Crippen LogP contribution in [0.1, 0.15) is 0 Å². The summed E-state index contributed by atoms with van der Waals surface area (Å²) in [6.07, 6.45) is 1.12. The third-order valence-corrected chi connectivity index (χ3v) is 2.51. The highest BCUT2D eigenvalue weighted by atomic mass is 32.2. The zero-order chi connectivity index (χ0) is 15.1. The van der Waals surface area contributed by atoms with Crippen molar-refractivity contribution in [2.75, 3.05) is 5.73 Å². The minimum absolute atomic E-state index is 0.0756. The van der Waals surface area contributed by atoms with E-state index in [0.29, 0.717) is 17.8 Å². The first-order valence-electron chi connectivity index (χ1n) is 4.65. The molecule has 1 aromatic carbocycles. The number of primary sulfonamides is 1. The van der Waals surface area contributed by atoms with Crippen LogP contribution < -0.4 is 10.9 Å². The van der Waals surface area contributed by atoms with Crippen molar-refractivity contribution in [2.24, 2.45) is 5.14 Å². The zero-order valence-electron chi connectivity index (χ0n) is 9.55. The lowest BCUT2D eigenvalue weighted by Crippen LogP contribution is -2.11. The fourth-order valence-corrected chi connectivity index (χ4v) is 1.32. The maximum atomic E-state index is 10.7. The van der Waals surface area contributed by atoms with E-state index in [9.17, 15) is 18.0 Å². The summed E-state index contributed by atoms with van der Waals surface area (Å²) < 4.78 is 21.4.